The molecule has 0 aromatic heterocycles. The van der Waals surface area contributed by atoms with Gasteiger partial charge in [-0.15, -0.1) is 0 Å². The second-order valence-electron chi connectivity index (χ2n) is 4.39. The van der Waals surface area contributed by atoms with Crippen molar-refractivity contribution in [2.75, 3.05) is 0 Å². The lowest BCUT2D eigenvalue weighted by molar-refractivity contribution is -0.0510. The van der Waals surface area contributed by atoms with Gasteiger partial charge in [-0.2, -0.15) is 21.6 Å². The Kier molecular flexibility index (Phi) is 6.58. The lowest BCUT2D eigenvalue weighted by Gasteiger charge is -2.01. The Bertz CT molecular complexity index is 614. The Labute approximate surface area is 127 Å². The van der Waals surface area contributed by atoms with Crippen molar-refractivity contribution in [3.8, 4) is 0 Å². The fourth-order valence-corrected chi connectivity index (χ4v) is 1.58. The van der Waals surface area contributed by atoms with E-state index >= 15 is 0 Å². The van der Waals surface area contributed by atoms with E-state index in [1.54, 1.807) is 0 Å². The lowest BCUT2D eigenvalue weighted by atomic mass is 10.0. The van der Waals surface area contributed by atoms with Crippen LogP contribution < -0.4 is 0 Å². The van der Waals surface area contributed by atoms with Crippen LogP contribution in [0.15, 0.2) is 60.7 Å². The first kappa shape index (κ1) is 18.2. The molecule has 120 valence electrons. The topological polar surface area (TPSA) is 54.4 Å². The van der Waals surface area contributed by atoms with Crippen LogP contribution in [0.3, 0.4) is 0 Å². The number of benzene rings is 2. The Balaban J connectivity index is 0.000000261. The van der Waals surface area contributed by atoms with E-state index < -0.39 is 15.6 Å². The summed E-state index contributed by atoms with van der Waals surface area (Å²) < 4.78 is 57.5. The summed E-state index contributed by atoms with van der Waals surface area (Å²) in [5.41, 5.74) is -2.71. The van der Waals surface area contributed by atoms with Gasteiger partial charge in [0.2, 0.25) is 0 Å². The summed E-state index contributed by atoms with van der Waals surface area (Å²) in [5, 5.41) is 0. The summed E-state index contributed by atoms with van der Waals surface area (Å²) in [6.07, 6.45) is 2.26. The summed E-state index contributed by atoms with van der Waals surface area (Å²) in [6.45, 7) is 0. The van der Waals surface area contributed by atoms with Gasteiger partial charge in [0.25, 0.3) is 0 Å². The van der Waals surface area contributed by atoms with E-state index in [0.29, 0.717) is 0 Å². The van der Waals surface area contributed by atoms with Crippen LogP contribution in [0, 0.1) is 0 Å². The minimum absolute atomic E-state index is 1.13. The molecule has 0 aliphatic rings. The van der Waals surface area contributed by atoms with Gasteiger partial charge in [-0.1, -0.05) is 60.7 Å². The van der Waals surface area contributed by atoms with Gasteiger partial charge in [0.1, 0.15) is 0 Å². The molecule has 1 N–H and O–H groups in total. The maximum Gasteiger partial charge on any atom is 0.522 e. The van der Waals surface area contributed by atoms with Gasteiger partial charge in [0.05, 0.1) is 0 Å². The van der Waals surface area contributed by atoms with Crippen molar-refractivity contribution < 1.29 is 26.1 Å². The summed E-state index contributed by atoms with van der Waals surface area (Å²) in [5.74, 6) is 0. The SMILES string of the molecule is O=S(=O)(O)C(F)(F)F.c1ccc(CCc2ccccc2)cc1. The summed E-state index contributed by atoms with van der Waals surface area (Å²) in [4.78, 5) is 0. The van der Waals surface area contributed by atoms with Crippen molar-refractivity contribution in [2.45, 2.75) is 18.3 Å². The summed E-state index contributed by atoms with van der Waals surface area (Å²) >= 11 is 0. The smallest absolute Gasteiger partial charge is 0.279 e. The van der Waals surface area contributed by atoms with E-state index in [9.17, 15) is 13.2 Å². The van der Waals surface area contributed by atoms with E-state index in [0.717, 1.165) is 12.8 Å². The lowest BCUT2D eigenvalue weighted by Crippen LogP contribution is -2.21. The standard InChI is InChI=1S/C14H14.CHF3O3S/c1-3-7-13(8-4-1)11-12-14-9-5-2-6-10-14;2-1(3,4)8(5,6)7/h1-10H,11-12H2;(H,5,6,7). The van der Waals surface area contributed by atoms with Gasteiger partial charge in [0, 0.05) is 0 Å². The Hall–Kier alpha value is -1.86. The van der Waals surface area contributed by atoms with Gasteiger partial charge < -0.3 is 0 Å². The predicted octanol–water partition coefficient (Wildman–Crippen LogP) is 3.87. The third-order valence-corrected chi connectivity index (χ3v) is 3.27. The zero-order chi connectivity index (χ0) is 16.6. The van der Waals surface area contributed by atoms with E-state index in [2.05, 4.69) is 60.7 Å². The van der Waals surface area contributed by atoms with E-state index in [4.69, 9.17) is 13.0 Å². The van der Waals surface area contributed by atoms with E-state index in [-0.39, 0.29) is 0 Å². The molecular weight excluding hydrogens is 317 g/mol. The molecule has 0 amide bonds. The number of halogens is 3. The van der Waals surface area contributed by atoms with Gasteiger partial charge in [-0.25, -0.2) is 0 Å². The molecule has 2 aromatic carbocycles. The number of aryl methyl sites for hydroxylation is 2. The van der Waals surface area contributed by atoms with Crippen LogP contribution in [-0.2, 0) is 23.0 Å². The molecule has 0 fully saturated rings. The van der Waals surface area contributed by atoms with Gasteiger partial charge >= 0.3 is 15.6 Å². The fourth-order valence-electron chi connectivity index (χ4n) is 1.58. The molecule has 2 aromatic rings. The van der Waals surface area contributed by atoms with Crippen LogP contribution in [0.4, 0.5) is 13.2 Å². The molecule has 0 atom stereocenters. The first-order valence-corrected chi connectivity index (χ1v) is 7.76. The molecular formula is C15H15F3O3S. The highest BCUT2D eigenvalue weighted by Gasteiger charge is 2.44. The van der Waals surface area contributed by atoms with Crippen LogP contribution >= 0.6 is 0 Å². The predicted molar refractivity (Wildman–Crippen MR) is 77.9 cm³/mol. The molecule has 0 bridgehead atoms. The van der Waals surface area contributed by atoms with Crippen molar-refractivity contribution in [3.63, 3.8) is 0 Å². The van der Waals surface area contributed by atoms with Crippen molar-refractivity contribution in [1.82, 2.24) is 0 Å². The highest BCUT2D eigenvalue weighted by Crippen LogP contribution is 2.20. The minimum Gasteiger partial charge on any atom is -0.279 e. The molecule has 0 aliphatic carbocycles. The minimum atomic E-state index is -5.84. The second kappa shape index (κ2) is 7.95. The van der Waals surface area contributed by atoms with Gasteiger partial charge in [-0.3, -0.25) is 4.55 Å². The normalized spacial score (nSPS) is 11.5. The number of alkyl halides is 3. The van der Waals surface area contributed by atoms with E-state index in [1.165, 1.54) is 11.1 Å². The molecule has 7 heteroatoms. The molecule has 2 rings (SSSR count). The highest BCUT2D eigenvalue weighted by atomic mass is 32.2. The quantitative estimate of drug-likeness (QED) is 0.686. The third-order valence-electron chi connectivity index (χ3n) is 2.68. The number of hydrogen-bond acceptors (Lipinski definition) is 2. The van der Waals surface area contributed by atoms with Gasteiger partial charge in [0.15, 0.2) is 0 Å². The van der Waals surface area contributed by atoms with Crippen molar-refractivity contribution >= 4 is 10.1 Å². The first-order valence-electron chi connectivity index (χ1n) is 6.32. The van der Waals surface area contributed by atoms with Crippen molar-refractivity contribution in [3.05, 3.63) is 71.8 Å². The largest absolute Gasteiger partial charge is 0.522 e. The Morgan fingerprint density at radius 3 is 1.27 bits per heavy atom. The van der Waals surface area contributed by atoms with E-state index in [1.807, 2.05) is 0 Å². The van der Waals surface area contributed by atoms with Gasteiger partial charge in [-0.05, 0) is 24.0 Å². The molecule has 22 heavy (non-hydrogen) atoms. The zero-order valence-corrected chi connectivity index (χ0v) is 12.3. The average molecular weight is 332 g/mol. The van der Waals surface area contributed by atoms with Crippen molar-refractivity contribution in [1.29, 1.82) is 0 Å². The molecule has 0 radical (unpaired) electrons. The maximum atomic E-state index is 10.7. The van der Waals surface area contributed by atoms with Crippen LogP contribution in [0.5, 0.6) is 0 Å². The van der Waals surface area contributed by atoms with Crippen LogP contribution in [0.25, 0.3) is 0 Å². The molecule has 3 nitrogen and oxygen atoms in total. The van der Waals surface area contributed by atoms with Crippen LogP contribution in [-0.4, -0.2) is 18.5 Å². The highest BCUT2D eigenvalue weighted by molar-refractivity contribution is 7.86. The van der Waals surface area contributed by atoms with Crippen LogP contribution in [0.1, 0.15) is 11.1 Å². The zero-order valence-electron chi connectivity index (χ0n) is 11.5. The maximum absolute atomic E-state index is 10.7. The summed E-state index contributed by atoms with van der Waals surface area (Å²) in [6, 6.07) is 21.2. The van der Waals surface area contributed by atoms with Crippen molar-refractivity contribution in [2.24, 2.45) is 0 Å². The number of rotatable bonds is 3. The number of hydrogen-bond donors (Lipinski definition) is 1. The Morgan fingerprint density at radius 2 is 1.05 bits per heavy atom. The first-order chi connectivity index (χ1) is 10.2. The Morgan fingerprint density at radius 1 is 0.773 bits per heavy atom. The average Bonchev–Trinajstić information content (AvgIpc) is 2.46. The molecule has 0 spiro atoms. The molecule has 0 unspecified atom stereocenters. The molecule has 0 aliphatic heterocycles. The molecule has 0 saturated carbocycles. The van der Waals surface area contributed by atoms with Crippen LogP contribution in [0.2, 0.25) is 0 Å². The molecule has 0 saturated heterocycles. The third kappa shape index (κ3) is 6.73. The monoisotopic (exact) mass is 332 g/mol. The fraction of sp³-hybridized carbons (Fsp3) is 0.200. The summed E-state index contributed by atoms with van der Waals surface area (Å²) in [7, 11) is -5.84. The molecule has 0 heterocycles. The second-order valence-corrected chi connectivity index (χ2v) is 5.81.